The Hall–Kier alpha value is -3.61. The van der Waals surface area contributed by atoms with E-state index in [1.165, 1.54) is 0 Å². The minimum absolute atomic E-state index is 0.367. The summed E-state index contributed by atoms with van der Waals surface area (Å²) in [5.74, 6) is 1.25. The van der Waals surface area contributed by atoms with Crippen molar-refractivity contribution in [3.05, 3.63) is 61.1 Å². The molecule has 0 amide bonds. The molecule has 0 unspecified atom stereocenters. The highest BCUT2D eigenvalue weighted by Crippen LogP contribution is 2.28. The van der Waals surface area contributed by atoms with Crippen LogP contribution in [0.25, 0.3) is 34.2 Å². The van der Waals surface area contributed by atoms with E-state index in [0.717, 1.165) is 5.56 Å². The lowest BCUT2D eigenvalue weighted by molar-refractivity contribution is 0.397. The molecule has 0 aliphatic carbocycles. The molecule has 0 fully saturated rings. The monoisotopic (exact) mass is 331 g/mol. The van der Waals surface area contributed by atoms with Gasteiger partial charge in [-0.2, -0.15) is 4.98 Å². The second-order valence-corrected chi connectivity index (χ2v) is 5.16. The predicted octanol–water partition coefficient (Wildman–Crippen LogP) is 3.26. The van der Waals surface area contributed by atoms with Crippen LogP contribution in [-0.2, 0) is 0 Å². The summed E-state index contributed by atoms with van der Waals surface area (Å²) in [5.41, 5.74) is 2.93. The first-order chi connectivity index (χ1) is 12.3. The summed E-state index contributed by atoms with van der Waals surface area (Å²) in [6.07, 6.45) is 5.13. The summed E-state index contributed by atoms with van der Waals surface area (Å²) in [6.45, 7) is 0. The van der Waals surface area contributed by atoms with Crippen LogP contribution in [0.2, 0.25) is 0 Å². The van der Waals surface area contributed by atoms with Crippen LogP contribution in [0.4, 0.5) is 0 Å². The number of hydrogen-bond donors (Lipinski definition) is 0. The van der Waals surface area contributed by atoms with Gasteiger partial charge in [0.1, 0.15) is 5.69 Å². The van der Waals surface area contributed by atoms with Gasteiger partial charge in [-0.15, -0.1) is 0 Å². The van der Waals surface area contributed by atoms with Crippen molar-refractivity contribution < 1.29 is 9.26 Å². The third kappa shape index (κ3) is 3.07. The normalized spacial score (nSPS) is 10.6. The minimum Gasteiger partial charge on any atom is -0.481 e. The molecular weight excluding hydrogens is 318 g/mol. The third-order valence-electron chi connectivity index (χ3n) is 3.54. The van der Waals surface area contributed by atoms with Crippen LogP contribution in [0.1, 0.15) is 0 Å². The Bertz CT molecular complexity index is 987. The summed E-state index contributed by atoms with van der Waals surface area (Å²) in [7, 11) is 1.56. The van der Waals surface area contributed by atoms with E-state index in [-0.39, 0.29) is 0 Å². The van der Waals surface area contributed by atoms with E-state index in [1.807, 2.05) is 36.4 Å². The molecule has 0 saturated carbocycles. The van der Waals surface area contributed by atoms with Gasteiger partial charge in [0.2, 0.25) is 11.7 Å². The smallest absolute Gasteiger partial charge is 0.258 e. The van der Waals surface area contributed by atoms with Gasteiger partial charge in [-0.05, 0) is 30.3 Å². The van der Waals surface area contributed by atoms with E-state index in [0.29, 0.717) is 34.5 Å². The molecule has 0 aliphatic rings. The third-order valence-corrected chi connectivity index (χ3v) is 3.54. The second kappa shape index (κ2) is 6.48. The minimum atomic E-state index is 0.367. The van der Waals surface area contributed by atoms with Crippen LogP contribution < -0.4 is 4.74 Å². The van der Waals surface area contributed by atoms with Crippen molar-refractivity contribution in [2.75, 3.05) is 7.11 Å². The summed E-state index contributed by atoms with van der Waals surface area (Å²) in [4.78, 5) is 17.2. The molecule has 0 aliphatic heterocycles. The molecule has 0 atom stereocenters. The van der Waals surface area contributed by atoms with Crippen LogP contribution in [0, 0.1) is 0 Å². The van der Waals surface area contributed by atoms with Gasteiger partial charge in [-0.3, -0.25) is 9.97 Å². The van der Waals surface area contributed by atoms with Gasteiger partial charge in [0, 0.05) is 35.8 Å². The maximum Gasteiger partial charge on any atom is 0.258 e. The Morgan fingerprint density at radius 3 is 2.64 bits per heavy atom. The molecule has 0 radical (unpaired) electrons. The van der Waals surface area contributed by atoms with Gasteiger partial charge < -0.3 is 9.26 Å². The van der Waals surface area contributed by atoms with Crippen molar-refractivity contribution in [3.63, 3.8) is 0 Å². The predicted molar refractivity (Wildman–Crippen MR) is 90.5 cm³/mol. The Morgan fingerprint density at radius 1 is 0.920 bits per heavy atom. The van der Waals surface area contributed by atoms with Gasteiger partial charge in [0.15, 0.2) is 0 Å². The standard InChI is InChI=1S/C18H13N5O2/c1-24-16-10-13(9-15(21-16)12-5-4-7-19-11-12)18-22-17(23-25-18)14-6-2-3-8-20-14/h2-11H,1H3. The summed E-state index contributed by atoms with van der Waals surface area (Å²) in [6, 6.07) is 12.9. The Morgan fingerprint density at radius 2 is 1.88 bits per heavy atom. The van der Waals surface area contributed by atoms with Crippen molar-refractivity contribution in [3.8, 4) is 40.1 Å². The zero-order valence-corrected chi connectivity index (χ0v) is 13.3. The van der Waals surface area contributed by atoms with E-state index in [4.69, 9.17) is 9.26 Å². The van der Waals surface area contributed by atoms with Crippen molar-refractivity contribution >= 4 is 0 Å². The summed E-state index contributed by atoms with van der Waals surface area (Å²) < 4.78 is 10.7. The van der Waals surface area contributed by atoms with E-state index in [9.17, 15) is 0 Å². The molecule has 0 saturated heterocycles. The van der Waals surface area contributed by atoms with Gasteiger partial charge in [0.05, 0.1) is 12.8 Å². The molecule has 7 heteroatoms. The second-order valence-electron chi connectivity index (χ2n) is 5.16. The first kappa shape index (κ1) is 14.9. The largest absolute Gasteiger partial charge is 0.481 e. The van der Waals surface area contributed by atoms with Crippen molar-refractivity contribution in [1.29, 1.82) is 0 Å². The molecule has 4 aromatic heterocycles. The first-order valence-electron chi connectivity index (χ1n) is 7.55. The first-order valence-corrected chi connectivity index (χ1v) is 7.55. The lowest BCUT2D eigenvalue weighted by atomic mass is 10.1. The Balaban J connectivity index is 1.77. The number of aromatic nitrogens is 5. The van der Waals surface area contributed by atoms with Gasteiger partial charge in [-0.1, -0.05) is 11.2 Å². The van der Waals surface area contributed by atoms with Gasteiger partial charge in [-0.25, -0.2) is 4.98 Å². The van der Waals surface area contributed by atoms with Crippen molar-refractivity contribution in [1.82, 2.24) is 25.1 Å². The molecule has 0 bridgehead atoms. The van der Waals surface area contributed by atoms with Crippen molar-refractivity contribution in [2.45, 2.75) is 0 Å². The molecule has 4 rings (SSSR count). The molecule has 25 heavy (non-hydrogen) atoms. The molecule has 0 aromatic carbocycles. The number of methoxy groups -OCH3 is 1. The highest BCUT2D eigenvalue weighted by atomic mass is 16.5. The number of pyridine rings is 3. The summed E-state index contributed by atoms with van der Waals surface area (Å²) in [5, 5.41) is 4.00. The fraction of sp³-hybridized carbons (Fsp3) is 0.0556. The molecule has 122 valence electrons. The van der Waals surface area contributed by atoms with E-state index < -0.39 is 0 Å². The summed E-state index contributed by atoms with van der Waals surface area (Å²) >= 11 is 0. The Kier molecular flexibility index (Phi) is 3.88. The van der Waals surface area contributed by atoms with Crippen LogP contribution in [0.5, 0.6) is 5.88 Å². The number of nitrogens with zero attached hydrogens (tertiary/aromatic N) is 5. The fourth-order valence-electron chi connectivity index (χ4n) is 2.34. The van der Waals surface area contributed by atoms with Crippen molar-refractivity contribution in [2.24, 2.45) is 0 Å². The molecule has 4 aromatic rings. The fourth-order valence-corrected chi connectivity index (χ4v) is 2.34. The van der Waals surface area contributed by atoms with Crippen LogP contribution in [0.3, 0.4) is 0 Å². The van der Waals surface area contributed by atoms with Crippen LogP contribution in [0.15, 0.2) is 65.6 Å². The lowest BCUT2D eigenvalue weighted by Crippen LogP contribution is -1.93. The number of ether oxygens (including phenoxy) is 1. The molecule has 0 spiro atoms. The molecule has 0 N–H and O–H groups in total. The average molecular weight is 331 g/mol. The van der Waals surface area contributed by atoms with Gasteiger partial charge in [0.25, 0.3) is 5.89 Å². The molecular formula is C18H13N5O2. The number of hydrogen-bond acceptors (Lipinski definition) is 7. The topological polar surface area (TPSA) is 86.8 Å². The maximum absolute atomic E-state index is 5.40. The zero-order valence-electron chi connectivity index (χ0n) is 13.3. The quantitative estimate of drug-likeness (QED) is 0.567. The lowest BCUT2D eigenvalue weighted by Gasteiger charge is -2.05. The highest BCUT2D eigenvalue weighted by Gasteiger charge is 2.14. The van der Waals surface area contributed by atoms with Gasteiger partial charge >= 0.3 is 0 Å². The highest BCUT2D eigenvalue weighted by molar-refractivity contribution is 5.67. The molecule has 7 nitrogen and oxygen atoms in total. The van der Waals surface area contributed by atoms with Crippen LogP contribution >= 0.6 is 0 Å². The van der Waals surface area contributed by atoms with Crippen LogP contribution in [-0.4, -0.2) is 32.2 Å². The SMILES string of the molecule is COc1cc(-c2nc(-c3ccccn3)no2)cc(-c2cccnc2)n1. The number of rotatable bonds is 4. The Labute approximate surface area is 143 Å². The maximum atomic E-state index is 5.40. The van der Waals surface area contributed by atoms with E-state index in [1.54, 1.807) is 31.8 Å². The molecule has 4 heterocycles. The van der Waals surface area contributed by atoms with E-state index in [2.05, 4.69) is 25.1 Å². The average Bonchev–Trinajstić information content (AvgIpc) is 3.19. The zero-order chi connectivity index (χ0) is 17.1. The van der Waals surface area contributed by atoms with E-state index >= 15 is 0 Å².